The van der Waals surface area contributed by atoms with E-state index in [4.69, 9.17) is 4.74 Å². The van der Waals surface area contributed by atoms with Crippen LogP contribution in [0.3, 0.4) is 0 Å². The molecule has 2 aliphatic heterocycles. The summed E-state index contributed by atoms with van der Waals surface area (Å²) in [5, 5.41) is 3.17. The van der Waals surface area contributed by atoms with Crippen molar-refractivity contribution in [1.29, 1.82) is 0 Å². The second kappa shape index (κ2) is 6.11. The zero-order valence-corrected chi connectivity index (χ0v) is 13.2. The van der Waals surface area contributed by atoms with Crippen molar-refractivity contribution < 1.29 is 13.9 Å². The third-order valence-electron chi connectivity index (χ3n) is 5.19. The second-order valence-electron chi connectivity index (χ2n) is 6.97. The van der Waals surface area contributed by atoms with Crippen LogP contribution in [0.15, 0.2) is 24.3 Å². The number of hydrogen-bond donors (Lipinski definition) is 1. The Morgan fingerprint density at radius 2 is 2.17 bits per heavy atom. The highest BCUT2D eigenvalue weighted by atomic mass is 19.1. The molecule has 5 heteroatoms. The molecule has 2 heterocycles. The Kier molecular flexibility index (Phi) is 3.97. The summed E-state index contributed by atoms with van der Waals surface area (Å²) in [5.41, 5.74) is 0.937. The largest absolute Gasteiger partial charge is 0.373 e. The number of ether oxygens (including phenoxy) is 1. The van der Waals surface area contributed by atoms with Gasteiger partial charge in [0.05, 0.1) is 18.2 Å². The molecule has 0 radical (unpaired) electrons. The molecule has 3 atom stereocenters. The summed E-state index contributed by atoms with van der Waals surface area (Å²) in [7, 11) is 0. The van der Waals surface area contributed by atoms with Crippen LogP contribution in [0.4, 0.5) is 9.18 Å². The first kappa shape index (κ1) is 14.9. The van der Waals surface area contributed by atoms with E-state index in [2.05, 4.69) is 5.32 Å². The molecule has 2 amide bonds. The van der Waals surface area contributed by atoms with Gasteiger partial charge in [-0.3, -0.25) is 0 Å². The minimum atomic E-state index is -0.218. The summed E-state index contributed by atoms with van der Waals surface area (Å²) in [4.78, 5) is 14.6. The van der Waals surface area contributed by atoms with Gasteiger partial charge in [0.25, 0.3) is 0 Å². The zero-order chi connectivity index (χ0) is 15.8. The fraction of sp³-hybridized carbons (Fsp3) is 0.611. The van der Waals surface area contributed by atoms with E-state index in [1.165, 1.54) is 6.07 Å². The van der Waals surface area contributed by atoms with Gasteiger partial charge < -0.3 is 15.0 Å². The van der Waals surface area contributed by atoms with Crippen molar-refractivity contribution in [2.24, 2.45) is 0 Å². The highest BCUT2D eigenvalue weighted by molar-refractivity contribution is 5.75. The first-order valence-corrected chi connectivity index (χ1v) is 8.66. The molecule has 3 aliphatic rings. The van der Waals surface area contributed by atoms with Crippen molar-refractivity contribution in [1.82, 2.24) is 10.2 Å². The van der Waals surface area contributed by atoms with E-state index in [-0.39, 0.29) is 24.0 Å². The normalized spacial score (nSPS) is 28.8. The van der Waals surface area contributed by atoms with Crippen LogP contribution in [0.25, 0.3) is 0 Å². The molecule has 4 rings (SSSR count). The van der Waals surface area contributed by atoms with Crippen molar-refractivity contribution in [3.8, 4) is 0 Å². The number of carbonyl (C=O) groups excluding carboxylic acids is 1. The zero-order valence-electron chi connectivity index (χ0n) is 13.2. The Balaban J connectivity index is 1.35. The van der Waals surface area contributed by atoms with Crippen LogP contribution in [-0.2, 0) is 11.2 Å². The fourth-order valence-corrected chi connectivity index (χ4v) is 3.81. The van der Waals surface area contributed by atoms with Crippen molar-refractivity contribution in [3.05, 3.63) is 35.6 Å². The van der Waals surface area contributed by atoms with E-state index in [1.54, 1.807) is 12.1 Å². The summed E-state index contributed by atoms with van der Waals surface area (Å²) < 4.78 is 19.1. The molecule has 1 aromatic carbocycles. The van der Waals surface area contributed by atoms with Gasteiger partial charge in [0.1, 0.15) is 5.82 Å². The molecule has 1 saturated carbocycles. The summed E-state index contributed by atoms with van der Waals surface area (Å²) in [6.45, 7) is 0.641. The van der Waals surface area contributed by atoms with Gasteiger partial charge in [0.2, 0.25) is 0 Å². The predicted molar refractivity (Wildman–Crippen MR) is 84.7 cm³/mol. The number of nitrogens with one attached hydrogen (secondary N) is 1. The number of benzene rings is 1. The number of halogens is 1. The summed E-state index contributed by atoms with van der Waals surface area (Å²) in [6, 6.07) is 7.16. The Morgan fingerprint density at radius 3 is 2.83 bits per heavy atom. The van der Waals surface area contributed by atoms with Gasteiger partial charge in [-0.2, -0.15) is 0 Å². The van der Waals surface area contributed by atoms with Crippen molar-refractivity contribution in [2.75, 3.05) is 6.54 Å². The predicted octanol–water partition coefficient (Wildman–Crippen LogP) is 2.86. The standard InChI is InChI=1S/C18H23FN2O2/c19-13-3-1-2-12(10-13)8-9-21(14-4-5-14)18(22)20-16-11-15-6-7-17(16)23-15/h1-3,10,14-17H,4-9,11H2,(H,20,22). The van der Waals surface area contributed by atoms with Crippen LogP contribution in [0.5, 0.6) is 0 Å². The molecule has 0 spiro atoms. The lowest BCUT2D eigenvalue weighted by atomic mass is 9.96. The van der Waals surface area contributed by atoms with E-state index >= 15 is 0 Å². The van der Waals surface area contributed by atoms with Gasteiger partial charge in [0.15, 0.2) is 0 Å². The topological polar surface area (TPSA) is 41.6 Å². The van der Waals surface area contributed by atoms with Gasteiger partial charge in [-0.05, 0) is 56.2 Å². The Bertz CT molecular complexity index is 590. The van der Waals surface area contributed by atoms with Gasteiger partial charge in [-0.25, -0.2) is 9.18 Å². The molecular formula is C18H23FN2O2. The maximum Gasteiger partial charge on any atom is 0.317 e. The highest BCUT2D eigenvalue weighted by Gasteiger charge is 2.42. The number of amides is 2. The molecule has 23 heavy (non-hydrogen) atoms. The number of hydrogen-bond acceptors (Lipinski definition) is 2. The number of carbonyl (C=O) groups is 1. The van der Waals surface area contributed by atoms with E-state index in [0.29, 0.717) is 25.1 Å². The lowest BCUT2D eigenvalue weighted by Gasteiger charge is -2.27. The minimum Gasteiger partial charge on any atom is -0.373 e. The van der Waals surface area contributed by atoms with Gasteiger partial charge >= 0.3 is 6.03 Å². The van der Waals surface area contributed by atoms with E-state index in [1.807, 2.05) is 11.0 Å². The van der Waals surface area contributed by atoms with Crippen molar-refractivity contribution in [2.45, 2.75) is 62.8 Å². The van der Waals surface area contributed by atoms with Crippen LogP contribution in [-0.4, -0.2) is 41.8 Å². The minimum absolute atomic E-state index is 0.0186. The van der Waals surface area contributed by atoms with Gasteiger partial charge in [-0.1, -0.05) is 12.1 Å². The SMILES string of the molecule is O=C(NC1CC2CCC1O2)N(CCc1cccc(F)c1)C1CC1. The molecule has 2 bridgehead atoms. The monoisotopic (exact) mass is 318 g/mol. The molecule has 1 aliphatic carbocycles. The molecule has 4 nitrogen and oxygen atoms in total. The molecule has 3 fully saturated rings. The molecule has 1 aromatic rings. The molecule has 1 N–H and O–H groups in total. The Labute approximate surface area is 136 Å². The Hall–Kier alpha value is -1.62. The first-order chi connectivity index (χ1) is 11.2. The number of fused-ring (bicyclic) bond motifs is 2. The smallest absolute Gasteiger partial charge is 0.317 e. The van der Waals surface area contributed by atoms with Crippen LogP contribution in [0.1, 0.15) is 37.7 Å². The van der Waals surface area contributed by atoms with Crippen LogP contribution >= 0.6 is 0 Å². The maximum atomic E-state index is 13.3. The Morgan fingerprint density at radius 1 is 1.30 bits per heavy atom. The molecule has 0 aromatic heterocycles. The summed E-state index contributed by atoms with van der Waals surface area (Å²) in [5.74, 6) is -0.218. The molecule has 2 saturated heterocycles. The summed E-state index contributed by atoms with van der Waals surface area (Å²) >= 11 is 0. The van der Waals surface area contributed by atoms with E-state index in [0.717, 1.165) is 37.7 Å². The van der Waals surface area contributed by atoms with Crippen molar-refractivity contribution in [3.63, 3.8) is 0 Å². The lowest BCUT2D eigenvalue weighted by Crippen LogP contribution is -2.49. The average molecular weight is 318 g/mol. The van der Waals surface area contributed by atoms with Crippen LogP contribution in [0, 0.1) is 5.82 Å². The summed E-state index contributed by atoms with van der Waals surface area (Å²) in [6.07, 6.45) is 6.51. The first-order valence-electron chi connectivity index (χ1n) is 8.66. The average Bonchev–Trinajstić information content (AvgIpc) is 3.15. The molecule has 124 valence electrons. The molecular weight excluding hydrogens is 295 g/mol. The second-order valence-corrected chi connectivity index (χ2v) is 6.97. The third kappa shape index (κ3) is 3.34. The van der Waals surface area contributed by atoms with Gasteiger partial charge in [-0.15, -0.1) is 0 Å². The quantitative estimate of drug-likeness (QED) is 0.907. The number of urea groups is 1. The van der Waals surface area contributed by atoms with Crippen molar-refractivity contribution >= 4 is 6.03 Å². The van der Waals surface area contributed by atoms with Gasteiger partial charge in [0, 0.05) is 12.6 Å². The van der Waals surface area contributed by atoms with Crippen LogP contribution < -0.4 is 5.32 Å². The fourth-order valence-electron chi connectivity index (χ4n) is 3.81. The highest BCUT2D eigenvalue weighted by Crippen LogP contribution is 2.35. The van der Waals surface area contributed by atoms with E-state index in [9.17, 15) is 9.18 Å². The van der Waals surface area contributed by atoms with E-state index < -0.39 is 0 Å². The number of rotatable bonds is 5. The van der Waals surface area contributed by atoms with Crippen LogP contribution in [0.2, 0.25) is 0 Å². The molecule has 3 unspecified atom stereocenters. The number of nitrogens with zero attached hydrogens (tertiary/aromatic N) is 1. The lowest BCUT2D eigenvalue weighted by molar-refractivity contribution is 0.0969. The third-order valence-corrected chi connectivity index (χ3v) is 5.19. The maximum absolute atomic E-state index is 13.3.